The van der Waals surface area contributed by atoms with E-state index < -0.39 is 5.97 Å². The van der Waals surface area contributed by atoms with Crippen molar-refractivity contribution in [2.75, 3.05) is 18.8 Å². The Balaban J connectivity index is 1.86. The minimum Gasteiger partial charge on any atom is -0.481 e. The monoisotopic (exact) mass is 271 g/mol. The molecule has 2 fully saturated rings. The molecule has 0 radical (unpaired) electrons. The van der Waals surface area contributed by atoms with E-state index in [1.54, 1.807) is 11.8 Å². The topological polar surface area (TPSA) is 57.6 Å². The number of hydrogen-bond acceptors (Lipinski definition) is 3. The van der Waals surface area contributed by atoms with Gasteiger partial charge in [0.2, 0.25) is 5.91 Å². The Hall–Kier alpha value is -0.710. The van der Waals surface area contributed by atoms with Crippen LogP contribution in [0.25, 0.3) is 0 Å². The number of carboxylic acids is 1. The summed E-state index contributed by atoms with van der Waals surface area (Å²) in [6.45, 7) is 3.51. The molecule has 2 aliphatic rings. The molecule has 2 heterocycles. The van der Waals surface area contributed by atoms with Gasteiger partial charge in [-0.3, -0.25) is 9.59 Å². The third kappa shape index (κ3) is 2.99. The van der Waals surface area contributed by atoms with Crippen molar-refractivity contribution in [3.8, 4) is 0 Å². The van der Waals surface area contributed by atoms with Crippen molar-refractivity contribution in [1.82, 2.24) is 4.90 Å². The molecule has 0 bridgehead atoms. The van der Waals surface area contributed by atoms with Crippen molar-refractivity contribution in [3.63, 3.8) is 0 Å². The van der Waals surface area contributed by atoms with Gasteiger partial charge in [-0.05, 0) is 44.3 Å². The van der Waals surface area contributed by atoms with Gasteiger partial charge in [0.15, 0.2) is 0 Å². The molecule has 1 amide bonds. The van der Waals surface area contributed by atoms with Crippen molar-refractivity contribution >= 4 is 23.6 Å². The average Bonchev–Trinajstić information content (AvgIpc) is 2.77. The highest BCUT2D eigenvalue weighted by Gasteiger charge is 2.40. The van der Waals surface area contributed by atoms with Gasteiger partial charge in [0.1, 0.15) is 0 Å². The minimum atomic E-state index is -0.724. The van der Waals surface area contributed by atoms with Crippen LogP contribution in [-0.4, -0.2) is 45.5 Å². The molecule has 2 aliphatic heterocycles. The summed E-state index contributed by atoms with van der Waals surface area (Å²) in [5, 5.41) is 8.77. The van der Waals surface area contributed by atoms with Crippen LogP contribution >= 0.6 is 11.8 Å². The Morgan fingerprint density at radius 2 is 2.06 bits per heavy atom. The summed E-state index contributed by atoms with van der Waals surface area (Å²) < 4.78 is -0.223. The number of carbonyl (C=O) groups is 2. The van der Waals surface area contributed by atoms with Crippen molar-refractivity contribution in [2.24, 2.45) is 5.92 Å². The van der Waals surface area contributed by atoms with Crippen LogP contribution in [0.1, 0.15) is 39.0 Å². The van der Waals surface area contributed by atoms with Crippen molar-refractivity contribution in [1.29, 1.82) is 0 Å². The first kappa shape index (κ1) is 13.7. The van der Waals surface area contributed by atoms with Crippen LogP contribution in [0.5, 0.6) is 0 Å². The fourth-order valence-electron chi connectivity index (χ4n) is 2.87. The number of carbonyl (C=O) groups excluding carboxylic acids is 1. The minimum absolute atomic E-state index is 0.223. The molecule has 0 aliphatic carbocycles. The zero-order valence-electron chi connectivity index (χ0n) is 10.9. The van der Waals surface area contributed by atoms with Crippen molar-refractivity contribution in [2.45, 2.75) is 43.8 Å². The normalized spacial score (nSPS) is 29.5. The Kier molecular flexibility index (Phi) is 4.20. The molecule has 0 aromatic carbocycles. The Labute approximate surface area is 112 Å². The van der Waals surface area contributed by atoms with Crippen LogP contribution in [0.2, 0.25) is 0 Å². The molecule has 0 aromatic rings. The number of nitrogens with zero attached hydrogens (tertiary/aromatic N) is 1. The first-order chi connectivity index (χ1) is 8.51. The van der Waals surface area contributed by atoms with E-state index in [0.717, 1.165) is 44.5 Å². The molecule has 2 saturated heterocycles. The largest absolute Gasteiger partial charge is 0.481 e. The van der Waals surface area contributed by atoms with Gasteiger partial charge in [0.25, 0.3) is 0 Å². The van der Waals surface area contributed by atoms with Crippen molar-refractivity contribution < 1.29 is 14.7 Å². The van der Waals surface area contributed by atoms with Gasteiger partial charge >= 0.3 is 5.97 Å². The Morgan fingerprint density at radius 3 is 2.56 bits per heavy atom. The zero-order valence-corrected chi connectivity index (χ0v) is 11.7. The van der Waals surface area contributed by atoms with E-state index in [0.29, 0.717) is 0 Å². The second kappa shape index (κ2) is 5.51. The summed E-state index contributed by atoms with van der Waals surface area (Å²) in [6, 6.07) is 0. The molecular formula is C13H21NO3S. The van der Waals surface area contributed by atoms with Crippen LogP contribution in [-0.2, 0) is 9.59 Å². The first-order valence-corrected chi connectivity index (χ1v) is 7.65. The summed E-state index contributed by atoms with van der Waals surface area (Å²) in [7, 11) is 0. The van der Waals surface area contributed by atoms with Crippen LogP contribution in [0.15, 0.2) is 0 Å². The molecule has 0 saturated carbocycles. The van der Waals surface area contributed by atoms with Gasteiger partial charge in [-0.2, -0.15) is 0 Å². The van der Waals surface area contributed by atoms with Crippen LogP contribution in [0, 0.1) is 5.92 Å². The number of amides is 1. The van der Waals surface area contributed by atoms with Crippen molar-refractivity contribution in [3.05, 3.63) is 0 Å². The predicted molar refractivity (Wildman–Crippen MR) is 71.7 cm³/mol. The highest BCUT2D eigenvalue weighted by Crippen LogP contribution is 2.39. The maximum absolute atomic E-state index is 12.4. The van der Waals surface area contributed by atoms with Gasteiger partial charge in [0, 0.05) is 19.5 Å². The van der Waals surface area contributed by atoms with E-state index in [4.69, 9.17) is 5.11 Å². The molecule has 1 N–H and O–H groups in total. The molecule has 102 valence electrons. The third-order valence-electron chi connectivity index (χ3n) is 4.04. The number of aliphatic carboxylic acids is 1. The fourth-order valence-corrected chi connectivity index (χ4v) is 4.15. The first-order valence-electron chi connectivity index (χ1n) is 6.66. The number of likely N-dealkylation sites (tertiary alicyclic amines) is 1. The SMILES string of the molecule is CC1(C(=O)N2CCC(CC(=O)O)CC2)CCCS1. The number of carboxylic acid groups (broad SMARTS) is 1. The molecule has 5 heteroatoms. The number of rotatable bonds is 3. The van der Waals surface area contributed by atoms with E-state index >= 15 is 0 Å². The second-order valence-corrected chi connectivity index (χ2v) is 7.11. The van der Waals surface area contributed by atoms with Crippen LogP contribution < -0.4 is 0 Å². The molecule has 2 rings (SSSR count). The lowest BCUT2D eigenvalue weighted by molar-refractivity contribution is -0.139. The molecule has 0 aromatic heterocycles. The number of piperidine rings is 1. The van der Waals surface area contributed by atoms with Crippen LogP contribution in [0.3, 0.4) is 0 Å². The lowest BCUT2D eigenvalue weighted by Crippen LogP contribution is -2.47. The quantitative estimate of drug-likeness (QED) is 0.853. The molecule has 18 heavy (non-hydrogen) atoms. The summed E-state index contributed by atoms with van der Waals surface area (Å²) in [4.78, 5) is 25.0. The van der Waals surface area contributed by atoms with Crippen LogP contribution in [0.4, 0.5) is 0 Å². The van der Waals surface area contributed by atoms with E-state index in [-0.39, 0.29) is 23.0 Å². The summed E-state index contributed by atoms with van der Waals surface area (Å²) in [5.41, 5.74) is 0. The second-order valence-electron chi connectivity index (χ2n) is 5.52. The number of hydrogen-bond donors (Lipinski definition) is 1. The van der Waals surface area contributed by atoms with E-state index in [9.17, 15) is 9.59 Å². The van der Waals surface area contributed by atoms with E-state index in [1.165, 1.54) is 0 Å². The molecule has 4 nitrogen and oxygen atoms in total. The summed E-state index contributed by atoms with van der Waals surface area (Å²) >= 11 is 1.77. The maximum atomic E-state index is 12.4. The van der Waals surface area contributed by atoms with Gasteiger partial charge in [0.05, 0.1) is 4.75 Å². The van der Waals surface area contributed by atoms with Gasteiger partial charge < -0.3 is 10.0 Å². The lowest BCUT2D eigenvalue weighted by atomic mass is 9.92. The number of thioether (sulfide) groups is 1. The highest BCUT2D eigenvalue weighted by molar-refractivity contribution is 8.01. The molecule has 1 atom stereocenters. The zero-order chi connectivity index (χ0) is 13.2. The Morgan fingerprint density at radius 1 is 1.39 bits per heavy atom. The molecular weight excluding hydrogens is 250 g/mol. The molecule has 1 unspecified atom stereocenters. The van der Waals surface area contributed by atoms with E-state index in [1.807, 2.05) is 4.90 Å². The predicted octanol–water partition coefficient (Wildman–Crippen LogP) is 1.99. The Bertz CT molecular complexity index is 331. The average molecular weight is 271 g/mol. The highest BCUT2D eigenvalue weighted by atomic mass is 32.2. The standard InChI is InChI=1S/C13H21NO3S/c1-13(5-2-8-18-13)12(17)14-6-3-10(4-7-14)9-11(15)16/h10H,2-9H2,1H3,(H,15,16). The molecule has 0 spiro atoms. The summed E-state index contributed by atoms with van der Waals surface area (Å²) in [5.74, 6) is 0.866. The fraction of sp³-hybridized carbons (Fsp3) is 0.846. The maximum Gasteiger partial charge on any atom is 0.303 e. The summed E-state index contributed by atoms with van der Waals surface area (Å²) in [6.07, 6.45) is 4.01. The third-order valence-corrected chi connectivity index (χ3v) is 5.54. The van der Waals surface area contributed by atoms with Gasteiger partial charge in [-0.1, -0.05) is 0 Å². The lowest BCUT2D eigenvalue weighted by Gasteiger charge is -2.36. The van der Waals surface area contributed by atoms with Gasteiger partial charge in [-0.25, -0.2) is 0 Å². The van der Waals surface area contributed by atoms with Gasteiger partial charge in [-0.15, -0.1) is 11.8 Å². The smallest absolute Gasteiger partial charge is 0.303 e. The van der Waals surface area contributed by atoms with E-state index in [2.05, 4.69) is 6.92 Å².